The molecule has 0 spiro atoms. The maximum atomic E-state index is 13.0. The Bertz CT molecular complexity index is 677. The van der Waals surface area contributed by atoms with Crippen LogP contribution in [0.2, 0.25) is 0 Å². The number of ether oxygens (including phenoxy) is 1. The molecule has 1 saturated heterocycles. The van der Waals surface area contributed by atoms with Crippen LogP contribution in [0.4, 0.5) is 4.39 Å². The van der Waals surface area contributed by atoms with Gasteiger partial charge in [-0.3, -0.25) is 14.4 Å². The number of hydrogen-bond acceptors (Lipinski definition) is 5. The van der Waals surface area contributed by atoms with Crippen molar-refractivity contribution in [1.82, 2.24) is 24.6 Å². The molecule has 0 N–H and O–H groups in total. The van der Waals surface area contributed by atoms with Crippen LogP contribution in [0.25, 0.3) is 0 Å². The monoisotopic (exact) mass is 347 g/mol. The summed E-state index contributed by atoms with van der Waals surface area (Å²) in [7, 11) is 1.76. The third kappa shape index (κ3) is 5.07. The van der Waals surface area contributed by atoms with Crippen LogP contribution in [-0.4, -0.2) is 69.9 Å². The van der Waals surface area contributed by atoms with E-state index in [0.717, 1.165) is 12.1 Å². The van der Waals surface area contributed by atoms with Crippen LogP contribution in [0.15, 0.2) is 36.9 Å². The number of likely N-dealkylation sites (N-methyl/N-ethyl adjacent to an activating group) is 1. The average Bonchev–Trinajstić information content (AvgIpc) is 3.10. The number of carbonyl (C=O) groups excluding carboxylic acids is 1. The topological polar surface area (TPSA) is 63.5 Å². The second-order valence-corrected chi connectivity index (χ2v) is 6.22. The second kappa shape index (κ2) is 8.17. The fourth-order valence-corrected chi connectivity index (χ4v) is 2.83. The molecule has 1 aromatic carbocycles. The predicted molar refractivity (Wildman–Crippen MR) is 89.1 cm³/mol. The lowest BCUT2D eigenvalue weighted by atomic mass is 10.2. The molecular weight excluding hydrogens is 325 g/mol. The van der Waals surface area contributed by atoms with E-state index in [1.54, 1.807) is 35.1 Å². The number of morpholine rings is 1. The number of halogens is 1. The molecule has 0 radical (unpaired) electrons. The van der Waals surface area contributed by atoms with Crippen molar-refractivity contribution in [2.24, 2.45) is 0 Å². The van der Waals surface area contributed by atoms with E-state index in [-0.39, 0.29) is 17.8 Å². The van der Waals surface area contributed by atoms with Crippen LogP contribution < -0.4 is 0 Å². The summed E-state index contributed by atoms with van der Waals surface area (Å²) in [6.07, 6.45) is 3.14. The first-order valence-corrected chi connectivity index (χ1v) is 8.25. The van der Waals surface area contributed by atoms with Gasteiger partial charge in [0.1, 0.15) is 18.5 Å². The molecule has 2 aromatic rings. The molecule has 0 bridgehead atoms. The Morgan fingerprint density at radius 3 is 2.92 bits per heavy atom. The van der Waals surface area contributed by atoms with Crippen LogP contribution in [0.3, 0.4) is 0 Å². The largest absolute Gasteiger partial charge is 0.374 e. The lowest BCUT2D eigenvalue weighted by Crippen LogP contribution is -2.48. The van der Waals surface area contributed by atoms with Crippen molar-refractivity contribution in [1.29, 1.82) is 0 Å². The molecule has 1 fully saturated rings. The average molecular weight is 347 g/mol. The number of amides is 1. The zero-order chi connectivity index (χ0) is 17.6. The molecule has 0 unspecified atom stereocenters. The van der Waals surface area contributed by atoms with E-state index in [1.165, 1.54) is 18.5 Å². The quantitative estimate of drug-likeness (QED) is 0.773. The Kier molecular flexibility index (Phi) is 5.72. The normalized spacial score (nSPS) is 18.2. The van der Waals surface area contributed by atoms with Gasteiger partial charge in [-0.2, -0.15) is 5.10 Å². The third-order valence-electron chi connectivity index (χ3n) is 4.20. The van der Waals surface area contributed by atoms with Gasteiger partial charge in [-0.05, 0) is 17.7 Å². The van der Waals surface area contributed by atoms with E-state index in [1.807, 2.05) is 0 Å². The fourth-order valence-electron chi connectivity index (χ4n) is 2.83. The van der Waals surface area contributed by atoms with Gasteiger partial charge in [0.25, 0.3) is 0 Å². The zero-order valence-corrected chi connectivity index (χ0v) is 14.2. The predicted octanol–water partition coefficient (Wildman–Crippen LogP) is 0.777. The lowest BCUT2D eigenvalue weighted by Gasteiger charge is -2.33. The van der Waals surface area contributed by atoms with Crippen molar-refractivity contribution in [2.45, 2.75) is 19.2 Å². The molecule has 7 nitrogen and oxygen atoms in total. The minimum absolute atomic E-state index is 0.00865. The maximum absolute atomic E-state index is 13.0. The SMILES string of the molecule is CN(Cc1ccc(F)cc1)C(=O)CN1CCO[C@H](Cn2cncn2)C1. The minimum atomic E-state index is -0.274. The molecule has 1 aromatic heterocycles. The molecule has 1 aliphatic rings. The van der Waals surface area contributed by atoms with Crippen molar-refractivity contribution in [2.75, 3.05) is 33.3 Å². The highest BCUT2D eigenvalue weighted by Gasteiger charge is 2.23. The number of benzene rings is 1. The van der Waals surface area contributed by atoms with Gasteiger partial charge in [-0.1, -0.05) is 12.1 Å². The number of aromatic nitrogens is 3. The Hall–Kier alpha value is -2.32. The number of hydrogen-bond donors (Lipinski definition) is 0. The molecule has 2 heterocycles. The Morgan fingerprint density at radius 2 is 2.20 bits per heavy atom. The third-order valence-corrected chi connectivity index (χ3v) is 4.20. The molecule has 8 heteroatoms. The molecule has 0 aliphatic carbocycles. The summed E-state index contributed by atoms with van der Waals surface area (Å²) < 4.78 is 20.4. The van der Waals surface area contributed by atoms with Crippen LogP contribution in [-0.2, 0) is 22.6 Å². The van der Waals surface area contributed by atoms with Crippen LogP contribution in [0.1, 0.15) is 5.56 Å². The van der Waals surface area contributed by atoms with Crippen molar-refractivity contribution >= 4 is 5.91 Å². The van der Waals surface area contributed by atoms with E-state index in [9.17, 15) is 9.18 Å². The van der Waals surface area contributed by atoms with Crippen molar-refractivity contribution in [3.8, 4) is 0 Å². The highest BCUT2D eigenvalue weighted by atomic mass is 19.1. The summed E-state index contributed by atoms with van der Waals surface area (Å²) in [6.45, 7) is 3.42. The van der Waals surface area contributed by atoms with E-state index >= 15 is 0 Å². The van der Waals surface area contributed by atoms with Gasteiger partial charge < -0.3 is 9.64 Å². The first-order valence-electron chi connectivity index (χ1n) is 8.25. The Balaban J connectivity index is 1.48. The number of rotatable bonds is 6. The fraction of sp³-hybridized carbons (Fsp3) is 0.471. The van der Waals surface area contributed by atoms with Crippen LogP contribution >= 0.6 is 0 Å². The summed E-state index contributed by atoms with van der Waals surface area (Å²) in [6, 6.07) is 6.21. The standard InChI is InChI=1S/C17H22FN5O2/c1-21(8-14-2-4-15(18)5-3-14)17(24)11-22-6-7-25-16(9-22)10-23-13-19-12-20-23/h2-5,12-13,16H,6-11H2,1H3/t16-/m0/s1. The van der Waals surface area contributed by atoms with Crippen LogP contribution in [0.5, 0.6) is 0 Å². The van der Waals surface area contributed by atoms with Crippen molar-refractivity contribution in [3.63, 3.8) is 0 Å². The minimum Gasteiger partial charge on any atom is -0.374 e. The van der Waals surface area contributed by atoms with Gasteiger partial charge in [0.2, 0.25) is 5.91 Å². The summed E-state index contributed by atoms with van der Waals surface area (Å²) >= 11 is 0. The maximum Gasteiger partial charge on any atom is 0.236 e. The smallest absolute Gasteiger partial charge is 0.236 e. The summed E-state index contributed by atoms with van der Waals surface area (Å²) in [5, 5.41) is 4.08. The molecule has 1 amide bonds. The lowest BCUT2D eigenvalue weighted by molar-refractivity contribution is -0.133. The molecule has 3 rings (SSSR count). The number of carbonyl (C=O) groups is 1. The van der Waals surface area contributed by atoms with Crippen molar-refractivity contribution < 1.29 is 13.9 Å². The van der Waals surface area contributed by atoms with Crippen LogP contribution in [0, 0.1) is 5.82 Å². The summed E-state index contributed by atoms with van der Waals surface area (Å²) in [4.78, 5) is 20.1. The van der Waals surface area contributed by atoms with Gasteiger partial charge in [-0.15, -0.1) is 0 Å². The number of nitrogens with zero attached hydrogens (tertiary/aromatic N) is 5. The van der Waals surface area contributed by atoms with Gasteiger partial charge >= 0.3 is 0 Å². The van der Waals surface area contributed by atoms with E-state index in [2.05, 4.69) is 15.0 Å². The second-order valence-electron chi connectivity index (χ2n) is 6.22. The van der Waals surface area contributed by atoms with E-state index in [4.69, 9.17) is 4.74 Å². The summed E-state index contributed by atoms with van der Waals surface area (Å²) in [5.41, 5.74) is 0.906. The highest BCUT2D eigenvalue weighted by molar-refractivity contribution is 5.78. The molecule has 25 heavy (non-hydrogen) atoms. The van der Waals surface area contributed by atoms with Gasteiger partial charge in [0, 0.05) is 26.7 Å². The Labute approximate surface area is 146 Å². The first-order chi connectivity index (χ1) is 12.1. The van der Waals surface area contributed by atoms with Crippen molar-refractivity contribution in [3.05, 3.63) is 48.3 Å². The highest BCUT2D eigenvalue weighted by Crippen LogP contribution is 2.09. The van der Waals surface area contributed by atoms with E-state index in [0.29, 0.717) is 32.8 Å². The molecule has 1 aliphatic heterocycles. The molecule has 0 saturated carbocycles. The van der Waals surface area contributed by atoms with E-state index < -0.39 is 0 Å². The molecular formula is C17H22FN5O2. The van der Waals surface area contributed by atoms with Gasteiger partial charge in [0.15, 0.2) is 0 Å². The first kappa shape index (κ1) is 17.5. The Morgan fingerprint density at radius 1 is 1.40 bits per heavy atom. The van der Waals surface area contributed by atoms with Gasteiger partial charge in [-0.25, -0.2) is 9.37 Å². The molecule has 134 valence electrons. The zero-order valence-electron chi connectivity index (χ0n) is 14.2. The van der Waals surface area contributed by atoms with Gasteiger partial charge in [0.05, 0.1) is 25.8 Å². The molecule has 1 atom stereocenters. The summed E-state index contributed by atoms with van der Waals surface area (Å²) in [5.74, 6) is -0.241.